The zero-order chi connectivity index (χ0) is 20.1. The molecule has 1 fully saturated rings. The van der Waals surface area contributed by atoms with E-state index in [0.717, 1.165) is 12.8 Å². The SMILES string of the molecule is CC(C)(C)N(C(=O)c1cnco1)C(C(=O)NC1CCOCC1)c1ccncc1. The van der Waals surface area contributed by atoms with Gasteiger partial charge in [0.05, 0.1) is 6.20 Å². The molecule has 0 aliphatic carbocycles. The molecule has 0 radical (unpaired) electrons. The number of hydrogen-bond donors (Lipinski definition) is 1. The van der Waals surface area contributed by atoms with Crippen molar-refractivity contribution in [1.82, 2.24) is 20.2 Å². The van der Waals surface area contributed by atoms with Crippen LogP contribution in [-0.2, 0) is 9.53 Å². The van der Waals surface area contributed by atoms with Gasteiger partial charge in [-0.05, 0) is 51.3 Å². The van der Waals surface area contributed by atoms with Crippen LogP contribution in [0.5, 0.6) is 0 Å². The van der Waals surface area contributed by atoms with Crippen molar-refractivity contribution in [2.45, 2.75) is 51.2 Å². The van der Waals surface area contributed by atoms with E-state index in [1.807, 2.05) is 20.8 Å². The third-order valence-corrected chi connectivity index (χ3v) is 4.68. The molecule has 2 amide bonds. The van der Waals surface area contributed by atoms with Gasteiger partial charge in [-0.2, -0.15) is 0 Å². The van der Waals surface area contributed by atoms with Crippen LogP contribution in [0, 0.1) is 0 Å². The molecule has 0 saturated carbocycles. The number of carbonyl (C=O) groups excluding carboxylic acids is 2. The number of aromatic nitrogens is 2. The van der Waals surface area contributed by atoms with E-state index >= 15 is 0 Å². The van der Waals surface area contributed by atoms with E-state index in [0.29, 0.717) is 18.8 Å². The maximum absolute atomic E-state index is 13.4. The van der Waals surface area contributed by atoms with Crippen molar-refractivity contribution in [2.24, 2.45) is 0 Å². The average Bonchev–Trinajstić information content (AvgIpc) is 3.21. The molecule has 1 aliphatic rings. The van der Waals surface area contributed by atoms with Gasteiger partial charge < -0.3 is 19.4 Å². The summed E-state index contributed by atoms with van der Waals surface area (Å²) in [5.74, 6) is -0.539. The highest BCUT2D eigenvalue weighted by atomic mass is 16.5. The van der Waals surface area contributed by atoms with Crippen molar-refractivity contribution in [3.63, 3.8) is 0 Å². The van der Waals surface area contributed by atoms with Crippen molar-refractivity contribution in [2.75, 3.05) is 13.2 Å². The summed E-state index contributed by atoms with van der Waals surface area (Å²) in [5.41, 5.74) is 0.0347. The van der Waals surface area contributed by atoms with E-state index in [2.05, 4.69) is 15.3 Å². The van der Waals surface area contributed by atoms with Crippen LogP contribution < -0.4 is 5.32 Å². The van der Waals surface area contributed by atoms with Crippen LogP contribution in [-0.4, -0.2) is 51.5 Å². The lowest BCUT2D eigenvalue weighted by Crippen LogP contribution is -2.54. The Morgan fingerprint density at radius 1 is 1.18 bits per heavy atom. The summed E-state index contributed by atoms with van der Waals surface area (Å²) in [5, 5.41) is 3.09. The molecule has 0 bridgehead atoms. The summed E-state index contributed by atoms with van der Waals surface area (Å²) < 4.78 is 10.6. The van der Waals surface area contributed by atoms with E-state index in [-0.39, 0.29) is 17.7 Å². The number of nitrogens with one attached hydrogen (secondary N) is 1. The monoisotopic (exact) mass is 386 g/mol. The van der Waals surface area contributed by atoms with Crippen molar-refractivity contribution in [3.8, 4) is 0 Å². The summed E-state index contributed by atoms with van der Waals surface area (Å²) in [6.45, 7) is 6.89. The molecule has 150 valence electrons. The van der Waals surface area contributed by atoms with Crippen molar-refractivity contribution < 1.29 is 18.7 Å². The number of carbonyl (C=O) groups is 2. The standard InChI is InChI=1S/C20H26N4O4/c1-20(2,3)24(19(26)16-12-22-13-28-16)17(14-4-8-21-9-5-14)18(25)23-15-6-10-27-11-7-15/h4-5,8-9,12-13,15,17H,6-7,10-11H2,1-3H3,(H,23,25). The number of ether oxygens (including phenoxy) is 1. The van der Waals surface area contributed by atoms with Gasteiger partial charge in [-0.1, -0.05) is 0 Å². The van der Waals surface area contributed by atoms with Gasteiger partial charge in [0.15, 0.2) is 6.39 Å². The van der Waals surface area contributed by atoms with E-state index in [1.165, 1.54) is 17.5 Å². The van der Waals surface area contributed by atoms with Crippen LogP contribution in [0.25, 0.3) is 0 Å². The van der Waals surface area contributed by atoms with Gasteiger partial charge in [-0.3, -0.25) is 14.6 Å². The molecule has 1 saturated heterocycles. The Labute approximate surface area is 164 Å². The number of oxazole rings is 1. The molecule has 8 nitrogen and oxygen atoms in total. The Kier molecular flexibility index (Phi) is 6.08. The third kappa shape index (κ3) is 4.56. The van der Waals surface area contributed by atoms with E-state index in [9.17, 15) is 9.59 Å². The number of nitrogens with zero attached hydrogens (tertiary/aromatic N) is 3. The molecule has 2 aromatic rings. The van der Waals surface area contributed by atoms with Crippen molar-refractivity contribution in [3.05, 3.63) is 48.4 Å². The molecular formula is C20H26N4O4. The van der Waals surface area contributed by atoms with Crippen LogP contribution in [0.2, 0.25) is 0 Å². The first-order valence-electron chi connectivity index (χ1n) is 9.38. The first kappa shape index (κ1) is 20.0. The van der Waals surface area contributed by atoms with Gasteiger partial charge in [0.25, 0.3) is 5.91 Å². The lowest BCUT2D eigenvalue weighted by Gasteiger charge is -2.41. The van der Waals surface area contributed by atoms with Gasteiger partial charge in [0.1, 0.15) is 6.04 Å². The van der Waals surface area contributed by atoms with Crippen LogP contribution in [0.15, 0.2) is 41.5 Å². The smallest absolute Gasteiger partial charge is 0.292 e. The Hall–Kier alpha value is -2.74. The zero-order valence-corrected chi connectivity index (χ0v) is 16.4. The summed E-state index contributed by atoms with van der Waals surface area (Å²) >= 11 is 0. The lowest BCUT2D eigenvalue weighted by atomic mass is 9.96. The molecule has 1 aliphatic heterocycles. The molecule has 1 unspecified atom stereocenters. The van der Waals surface area contributed by atoms with E-state index in [1.54, 1.807) is 24.5 Å². The summed E-state index contributed by atoms with van der Waals surface area (Å²) in [7, 11) is 0. The second-order valence-electron chi connectivity index (χ2n) is 7.79. The minimum Gasteiger partial charge on any atom is -0.438 e. The molecule has 8 heteroatoms. The number of rotatable bonds is 5. The van der Waals surface area contributed by atoms with Crippen LogP contribution in [0.4, 0.5) is 0 Å². The Balaban J connectivity index is 1.97. The molecule has 3 heterocycles. The number of pyridine rings is 1. The highest BCUT2D eigenvalue weighted by Gasteiger charge is 2.40. The second kappa shape index (κ2) is 8.52. The summed E-state index contributed by atoms with van der Waals surface area (Å²) in [6, 6.07) is 2.69. The largest absolute Gasteiger partial charge is 0.438 e. The maximum atomic E-state index is 13.4. The third-order valence-electron chi connectivity index (χ3n) is 4.68. The molecule has 3 rings (SSSR count). The molecule has 2 aromatic heterocycles. The molecule has 1 atom stereocenters. The molecule has 1 N–H and O–H groups in total. The predicted molar refractivity (Wildman–Crippen MR) is 101 cm³/mol. The van der Waals surface area contributed by atoms with Gasteiger partial charge in [-0.15, -0.1) is 0 Å². The maximum Gasteiger partial charge on any atom is 0.292 e. The average molecular weight is 386 g/mol. The van der Waals surface area contributed by atoms with Crippen LogP contribution in [0.3, 0.4) is 0 Å². The normalized spacial score (nSPS) is 16.4. The van der Waals surface area contributed by atoms with Crippen molar-refractivity contribution in [1.29, 1.82) is 0 Å². The summed E-state index contributed by atoms with van der Waals surface area (Å²) in [6.07, 6.45) is 7.30. The van der Waals surface area contributed by atoms with Gasteiger partial charge in [0.2, 0.25) is 11.7 Å². The van der Waals surface area contributed by atoms with Gasteiger partial charge in [0, 0.05) is 37.2 Å². The topological polar surface area (TPSA) is 97.6 Å². The number of hydrogen-bond acceptors (Lipinski definition) is 6. The van der Waals surface area contributed by atoms with Crippen LogP contribution >= 0.6 is 0 Å². The van der Waals surface area contributed by atoms with E-state index in [4.69, 9.17) is 9.15 Å². The predicted octanol–water partition coefficient (Wildman–Crippen LogP) is 2.35. The molecule has 0 spiro atoms. The van der Waals surface area contributed by atoms with Gasteiger partial charge >= 0.3 is 0 Å². The van der Waals surface area contributed by atoms with Crippen molar-refractivity contribution >= 4 is 11.8 Å². The fourth-order valence-corrected chi connectivity index (χ4v) is 3.33. The van der Waals surface area contributed by atoms with Crippen LogP contribution in [0.1, 0.15) is 55.8 Å². The highest BCUT2D eigenvalue weighted by Crippen LogP contribution is 2.31. The van der Waals surface area contributed by atoms with E-state index < -0.39 is 17.5 Å². The first-order chi connectivity index (χ1) is 13.4. The zero-order valence-electron chi connectivity index (χ0n) is 16.4. The fourth-order valence-electron chi connectivity index (χ4n) is 3.33. The Morgan fingerprint density at radius 2 is 1.86 bits per heavy atom. The number of amides is 2. The fraction of sp³-hybridized carbons (Fsp3) is 0.500. The summed E-state index contributed by atoms with van der Waals surface area (Å²) in [4.78, 5) is 36.0. The Bertz CT molecular complexity index is 780. The quantitative estimate of drug-likeness (QED) is 0.847. The highest BCUT2D eigenvalue weighted by molar-refractivity contribution is 5.96. The first-order valence-corrected chi connectivity index (χ1v) is 9.38. The Morgan fingerprint density at radius 3 is 2.43 bits per heavy atom. The minimum absolute atomic E-state index is 0.0211. The second-order valence-corrected chi connectivity index (χ2v) is 7.79. The molecule has 0 aromatic carbocycles. The molecule has 28 heavy (non-hydrogen) atoms. The minimum atomic E-state index is -0.830. The lowest BCUT2D eigenvalue weighted by molar-refractivity contribution is -0.129. The molecular weight excluding hydrogens is 360 g/mol. The van der Waals surface area contributed by atoms with Gasteiger partial charge in [-0.25, -0.2) is 4.98 Å².